The monoisotopic (exact) mass is 564 g/mol. The fourth-order valence-corrected chi connectivity index (χ4v) is 6.81. The molecule has 220 valence electrons. The van der Waals surface area contributed by atoms with Crippen LogP contribution in [0.2, 0.25) is 0 Å². The molecule has 11 heteroatoms. The van der Waals surface area contributed by atoms with Gasteiger partial charge in [0, 0.05) is 45.3 Å². The number of nitriles is 1. The first-order valence-corrected chi connectivity index (χ1v) is 14.5. The van der Waals surface area contributed by atoms with Crippen molar-refractivity contribution in [1.82, 2.24) is 24.9 Å². The van der Waals surface area contributed by atoms with Crippen molar-refractivity contribution in [2.24, 2.45) is 0 Å². The lowest BCUT2D eigenvalue weighted by atomic mass is 10.0. The molecule has 3 fully saturated rings. The third kappa shape index (κ3) is 5.62. The molecule has 5 atom stereocenters. The molecule has 1 N–H and O–H groups in total. The van der Waals surface area contributed by atoms with Crippen LogP contribution in [0.4, 0.5) is 4.79 Å². The second kappa shape index (κ2) is 11.0. The molecule has 0 aromatic heterocycles. The van der Waals surface area contributed by atoms with Crippen molar-refractivity contribution < 1.29 is 23.9 Å². The zero-order chi connectivity index (χ0) is 29.6. The highest BCUT2D eigenvalue weighted by Crippen LogP contribution is 2.44. The summed E-state index contributed by atoms with van der Waals surface area (Å²) in [5, 5.41) is 12.3. The maximum Gasteiger partial charge on any atom is 0.408 e. The average Bonchev–Trinajstić information content (AvgIpc) is 3.69. The maximum absolute atomic E-state index is 13.7. The van der Waals surface area contributed by atoms with Crippen LogP contribution in [0.1, 0.15) is 74.0 Å². The standard InChI is InChI=1S/C30H40N6O5/c1-30(2,3)41-29(40)32-23(27(38)35-12-6-7-20(35)15-31)17-34-16-21-14-25(34)28(39)36(21)24-11-9-18-13-19(8-10-22(18)24)26(37)33(4)5/h8,10,13,20-21,23-25H,6-7,9,11-12,14,16-17H2,1-5H3,(H,32,40)/t20-,21?,23-,24?,25-/m0/s1. The van der Waals surface area contributed by atoms with Crippen LogP contribution in [0, 0.1) is 11.3 Å². The minimum absolute atomic E-state index is 0.00227. The zero-order valence-electron chi connectivity index (χ0n) is 24.6. The van der Waals surface area contributed by atoms with E-state index in [9.17, 15) is 24.4 Å². The normalized spacial score (nSPS) is 26.1. The zero-order valence-corrected chi connectivity index (χ0v) is 24.6. The lowest BCUT2D eigenvalue weighted by Crippen LogP contribution is -2.59. The van der Waals surface area contributed by atoms with Crippen LogP contribution >= 0.6 is 0 Å². The van der Waals surface area contributed by atoms with Crippen molar-refractivity contribution in [3.05, 3.63) is 34.9 Å². The van der Waals surface area contributed by atoms with Gasteiger partial charge in [-0.1, -0.05) is 6.07 Å². The molecule has 2 unspecified atom stereocenters. The first kappa shape index (κ1) is 28.9. The van der Waals surface area contributed by atoms with Crippen LogP contribution in [0.3, 0.4) is 0 Å². The molecule has 4 amide bonds. The van der Waals surface area contributed by atoms with E-state index in [1.807, 2.05) is 28.0 Å². The molecule has 3 heterocycles. The minimum Gasteiger partial charge on any atom is -0.444 e. The van der Waals surface area contributed by atoms with Gasteiger partial charge in [0.15, 0.2) is 0 Å². The third-order valence-electron chi connectivity index (χ3n) is 8.58. The van der Waals surface area contributed by atoms with E-state index in [0.29, 0.717) is 31.5 Å². The number of amides is 4. The number of alkyl carbamates (subject to hydrolysis) is 1. The molecule has 1 aromatic carbocycles. The molecule has 3 aliphatic heterocycles. The van der Waals surface area contributed by atoms with Crippen molar-refractivity contribution in [2.75, 3.05) is 33.7 Å². The predicted molar refractivity (Wildman–Crippen MR) is 150 cm³/mol. The highest BCUT2D eigenvalue weighted by molar-refractivity contribution is 5.94. The Labute approximate surface area is 241 Å². The Hall–Kier alpha value is -3.65. The summed E-state index contributed by atoms with van der Waals surface area (Å²) < 4.78 is 5.43. The van der Waals surface area contributed by atoms with E-state index in [1.54, 1.807) is 39.8 Å². The first-order valence-electron chi connectivity index (χ1n) is 14.5. The molecule has 0 saturated carbocycles. The lowest BCUT2D eigenvalue weighted by Gasteiger charge is -2.39. The maximum atomic E-state index is 13.7. The number of carbonyl (C=O) groups excluding carboxylic acids is 4. The molecule has 2 bridgehead atoms. The summed E-state index contributed by atoms with van der Waals surface area (Å²) in [6.07, 6.45) is 2.94. The van der Waals surface area contributed by atoms with Gasteiger partial charge in [0.25, 0.3) is 5.91 Å². The summed E-state index contributed by atoms with van der Waals surface area (Å²) in [4.78, 5) is 59.5. The fraction of sp³-hybridized carbons (Fsp3) is 0.633. The molecule has 5 rings (SSSR count). The van der Waals surface area contributed by atoms with E-state index in [4.69, 9.17) is 4.74 Å². The third-order valence-corrected chi connectivity index (χ3v) is 8.58. The number of rotatable bonds is 6. The van der Waals surface area contributed by atoms with Crippen molar-refractivity contribution in [3.8, 4) is 6.07 Å². The Bertz CT molecular complexity index is 1280. The SMILES string of the molecule is CN(C)C(=O)c1ccc2c(c1)CCC2N1C(=O)[C@@H]2CC1CN2C[C@H](NC(=O)OC(C)(C)C)C(=O)N1CCC[C@H]1C#N. The Morgan fingerprint density at radius 1 is 1.20 bits per heavy atom. The smallest absolute Gasteiger partial charge is 0.408 e. The van der Waals surface area contributed by atoms with Gasteiger partial charge in [-0.25, -0.2) is 4.79 Å². The van der Waals surface area contributed by atoms with Crippen molar-refractivity contribution in [1.29, 1.82) is 5.26 Å². The van der Waals surface area contributed by atoms with E-state index < -0.39 is 23.8 Å². The Morgan fingerprint density at radius 3 is 2.61 bits per heavy atom. The van der Waals surface area contributed by atoms with E-state index in [-0.39, 0.29) is 42.4 Å². The number of fused-ring (bicyclic) bond motifs is 3. The molecule has 1 aromatic rings. The van der Waals surface area contributed by atoms with Gasteiger partial charge in [0.05, 0.1) is 18.2 Å². The van der Waals surface area contributed by atoms with Gasteiger partial charge in [-0.3, -0.25) is 19.3 Å². The van der Waals surface area contributed by atoms with Crippen LogP contribution in [-0.4, -0.2) is 107 Å². The summed E-state index contributed by atoms with van der Waals surface area (Å²) in [5.41, 5.74) is 2.13. The molecule has 4 aliphatic rings. The van der Waals surface area contributed by atoms with Gasteiger partial charge in [-0.05, 0) is 76.1 Å². The average molecular weight is 565 g/mol. The highest BCUT2D eigenvalue weighted by Gasteiger charge is 2.53. The molecule has 11 nitrogen and oxygen atoms in total. The summed E-state index contributed by atoms with van der Waals surface area (Å²) in [6.45, 7) is 6.50. The predicted octanol–water partition coefficient (Wildman–Crippen LogP) is 2.07. The van der Waals surface area contributed by atoms with E-state index in [2.05, 4.69) is 11.4 Å². The molecule has 1 aliphatic carbocycles. The van der Waals surface area contributed by atoms with Crippen LogP contribution in [0.25, 0.3) is 0 Å². The van der Waals surface area contributed by atoms with Crippen LogP contribution in [-0.2, 0) is 20.7 Å². The van der Waals surface area contributed by atoms with E-state index >= 15 is 0 Å². The summed E-state index contributed by atoms with van der Waals surface area (Å²) in [7, 11) is 3.47. The number of nitrogens with one attached hydrogen (secondary N) is 1. The number of ether oxygens (including phenoxy) is 1. The lowest BCUT2D eigenvalue weighted by molar-refractivity contribution is -0.141. The van der Waals surface area contributed by atoms with E-state index in [0.717, 1.165) is 30.4 Å². The Balaban J connectivity index is 1.30. The Kier molecular flexibility index (Phi) is 7.72. The molecular formula is C30H40N6O5. The topological polar surface area (TPSA) is 126 Å². The second-order valence-corrected chi connectivity index (χ2v) is 12.8. The van der Waals surface area contributed by atoms with Crippen LogP contribution < -0.4 is 5.32 Å². The second-order valence-electron chi connectivity index (χ2n) is 12.8. The van der Waals surface area contributed by atoms with Gasteiger partial charge < -0.3 is 24.8 Å². The van der Waals surface area contributed by atoms with Gasteiger partial charge in [0.2, 0.25) is 11.8 Å². The van der Waals surface area contributed by atoms with Gasteiger partial charge in [-0.2, -0.15) is 5.26 Å². The van der Waals surface area contributed by atoms with Gasteiger partial charge in [-0.15, -0.1) is 0 Å². The van der Waals surface area contributed by atoms with Crippen LogP contribution in [0.5, 0.6) is 0 Å². The van der Waals surface area contributed by atoms with Gasteiger partial charge in [0.1, 0.15) is 17.7 Å². The molecule has 3 saturated heterocycles. The molecule has 0 radical (unpaired) electrons. The van der Waals surface area contributed by atoms with Crippen molar-refractivity contribution in [2.45, 2.75) is 88.7 Å². The number of aryl methyl sites for hydroxylation is 1. The van der Waals surface area contributed by atoms with Crippen molar-refractivity contribution >= 4 is 23.8 Å². The fourth-order valence-electron chi connectivity index (χ4n) is 6.81. The Morgan fingerprint density at radius 2 is 1.95 bits per heavy atom. The number of benzene rings is 1. The summed E-state index contributed by atoms with van der Waals surface area (Å²) in [6, 6.07) is 6.12. The largest absolute Gasteiger partial charge is 0.444 e. The van der Waals surface area contributed by atoms with Crippen molar-refractivity contribution in [3.63, 3.8) is 0 Å². The highest BCUT2D eigenvalue weighted by atomic mass is 16.6. The molecule has 41 heavy (non-hydrogen) atoms. The summed E-state index contributed by atoms with van der Waals surface area (Å²) in [5.74, 6) is -0.325. The number of piperazine rings is 1. The number of hydrogen-bond donors (Lipinski definition) is 1. The molecule has 0 spiro atoms. The number of hydrogen-bond acceptors (Lipinski definition) is 7. The van der Waals surface area contributed by atoms with E-state index in [1.165, 1.54) is 4.90 Å². The number of nitrogens with zero attached hydrogens (tertiary/aromatic N) is 5. The van der Waals surface area contributed by atoms with Gasteiger partial charge >= 0.3 is 6.09 Å². The number of likely N-dealkylation sites (tertiary alicyclic amines) is 3. The first-order chi connectivity index (χ1) is 19.4. The quantitative estimate of drug-likeness (QED) is 0.561. The van der Waals surface area contributed by atoms with Crippen LogP contribution in [0.15, 0.2) is 18.2 Å². The summed E-state index contributed by atoms with van der Waals surface area (Å²) >= 11 is 0. The minimum atomic E-state index is -0.931. The molecular weight excluding hydrogens is 524 g/mol. The number of carbonyl (C=O) groups is 4.